The molecule has 40 heavy (non-hydrogen) atoms. The molecule has 2 atom stereocenters. The van der Waals surface area contributed by atoms with Crippen molar-refractivity contribution in [3.8, 4) is 0 Å². The van der Waals surface area contributed by atoms with Crippen LogP contribution >= 0.6 is 11.6 Å². The minimum Gasteiger partial charge on any atom is -0.465 e. The minimum absolute atomic E-state index is 0.0514. The summed E-state index contributed by atoms with van der Waals surface area (Å²) in [5.41, 5.74) is 3.15. The van der Waals surface area contributed by atoms with Gasteiger partial charge < -0.3 is 20.2 Å². The molecule has 2 aliphatic rings. The van der Waals surface area contributed by atoms with Gasteiger partial charge in [-0.05, 0) is 72.1 Å². The summed E-state index contributed by atoms with van der Waals surface area (Å²) in [6.45, 7) is 5.08. The molecule has 0 radical (unpaired) electrons. The van der Waals surface area contributed by atoms with E-state index in [9.17, 15) is 14.0 Å². The smallest absolute Gasteiger partial charge is 0.407 e. The molecule has 2 N–H and O–H groups in total. The second-order valence-electron chi connectivity index (χ2n) is 10.9. The third-order valence-corrected chi connectivity index (χ3v) is 8.04. The lowest BCUT2D eigenvalue weighted by Gasteiger charge is -2.43. The molecule has 3 aromatic rings. The van der Waals surface area contributed by atoms with Crippen LogP contribution in [0.3, 0.4) is 0 Å². The quantitative estimate of drug-likeness (QED) is 0.343. The Bertz CT molecular complexity index is 1280. The van der Waals surface area contributed by atoms with Gasteiger partial charge in [0.25, 0.3) is 0 Å². The highest BCUT2D eigenvalue weighted by Crippen LogP contribution is 2.48. The Morgan fingerprint density at radius 1 is 1.05 bits per heavy atom. The number of benzene rings is 3. The zero-order valence-corrected chi connectivity index (χ0v) is 23.8. The van der Waals surface area contributed by atoms with Gasteiger partial charge in [-0.25, -0.2) is 9.18 Å². The Labute approximate surface area is 240 Å². The Morgan fingerprint density at radius 3 is 2.33 bits per heavy atom. The number of carboxylic acid groups (broad SMARTS) is 1. The summed E-state index contributed by atoms with van der Waals surface area (Å²) in [6.07, 6.45) is 2.19. The van der Waals surface area contributed by atoms with Crippen LogP contribution in [0, 0.1) is 11.7 Å². The number of likely N-dealkylation sites (tertiary alicyclic amines) is 1. The zero-order chi connectivity index (χ0) is 28.7. The number of hydrogen-bond donors (Lipinski definition) is 2. The van der Waals surface area contributed by atoms with E-state index in [1.165, 1.54) is 36.7 Å². The first-order chi connectivity index (χ1) is 19.1. The molecule has 1 saturated heterocycles. The summed E-state index contributed by atoms with van der Waals surface area (Å²) >= 11 is 6.14. The lowest BCUT2D eigenvalue weighted by molar-refractivity contribution is -0.121. The third kappa shape index (κ3) is 8.05. The second-order valence-corrected chi connectivity index (χ2v) is 11.3. The van der Waals surface area contributed by atoms with Gasteiger partial charge in [0, 0.05) is 45.2 Å². The molecule has 3 aromatic carbocycles. The maximum absolute atomic E-state index is 12.5. The Morgan fingerprint density at radius 2 is 1.73 bits per heavy atom. The van der Waals surface area contributed by atoms with Gasteiger partial charge in [0.1, 0.15) is 5.82 Å². The van der Waals surface area contributed by atoms with Crippen molar-refractivity contribution in [3.05, 3.63) is 106 Å². The predicted molar refractivity (Wildman–Crippen MR) is 156 cm³/mol. The summed E-state index contributed by atoms with van der Waals surface area (Å²) in [5, 5.41) is 12.6. The average Bonchev–Trinajstić information content (AvgIpc) is 3.71. The lowest BCUT2D eigenvalue weighted by Crippen LogP contribution is -2.52. The van der Waals surface area contributed by atoms with E-state index in [1.54, 1.807) is 19.1 Å². The average molecular weight is 566 g/mol. The summed E-state index contributed by atoms with van der Waals surface area (Å²) in [5.74, 6) is 1.12. The van der Waals surface area contributed by atoms with Crippen LogP contribution in [-0.4, -0.2) is 53.6 Å². The molecule has 1 aliphatic carbocycles. The van der Waals surface area contributed by atoms with Crippen molar-refractivity contribution in [1.29, 1.82) is 0 Å². The molecule has 5 rings (SSSR count). The van der Waals surface area contributed by atoms with Crippen LogP contribution in [0.5, 0.6) is 0 Å². The number of amides is 2. The number of carbonyl (C=O) groups is 2. The van der Waals surface area contributed by atoms with Crippen LogP contribution in [-0.2, 0) is 16.9 Å². The highest BCUT2D eigenvalue weighted by molar-refractivity contribution is 6.30. The molecular formula is C32H37ClFN3O3. The van der Waals surface area contributed by atoms with Crippen LogP contribution in [0.15, 0.2) is 78.9 Å². The number of hydrogen-bond acceptors (Lipinski definition) is 3. The van der Waals surface area contributed by atoms with E-state index in [-0.39, 0.29) is 23.8 Å². The summed E-state index contributed by atoms with van der Waals surface area (Å²) in [6, 6.07) is 24.5. The number of rotatable bonds is 7. The monoisotopic (exact) mass is 565 g/mol. The number of piperidine rings is 1. The van der Waals surface area contributed by atoms with Crippen molar-refractivity contribution >= 4 is 23.6 Å². The normalized spacial score (nSPS) is 19.6. The summed E-state index contributed by atoms with van der Waals surface area (Å²) in [7, 11) is 1.46. The van der Waals surface area contributed by atoms with E-state index >= 15 is 0 Å². The van der Waals surface area contributed by atoms with Gasteiger partial charge in [0.15, 0.2) is 0 Å². The summed E-state index contributed by atoms with van der Waals surface area (Å²) < 4.78 is 12.5. The highest BCUT2D eigenvalue weighted by Gasteiger charge is 2.42. The fraction of sp³-hybridized carbons (Fsp3) is 0.375. The molecule has 212 valence electrons. The molecule has 0 bridgehead atoms. The molecule has 1 saturated carbocycles. The van der Waals surface area contributed by atoms with E-state index in [4.69, 9.17) is 16.7 Å². The molecule has 0 aromatic heterocycles. The topological polar surface area (TPSA) is 72.9 Å². The van der Waals surface area contributed by atoms with E-state index in [0.29, 0.717) is 5.92 Å². The van der Waals surface area contributed by atoms with E-state index in [0.717, 1.165) is 53.9 Å². The van der Waals surface area contributed by atoms with Crippen LogP contribution in [0.1, 0.15) is 48.8 Å². The van der Waals surface area contributed by atoms with Crippen molar-refractivity contribution in [2.75, 3.05) is 26.7 Å². The number of nitrogens with one attached hydrogen (secondary N) is 1. The van der Waals surface area contributed by atoms with Gasteiger partial charge >= 0.3 is 6.09 Å². The molecule has 1 heterocycles. The Hall–Kier alpha value is -3.42. The van der Waals surface area contributed by atoms with Crippen molar-refractivity contribution in [3.63, 3.8) is 0 Å². The second kappa shape index (κ2) is 13.3. The van der Waals surface area contributed by atoms with Crippen LogP contribution in [0.2, 0.25) is 5.02 Å². The van der Waals surface area contributed by atoms with Crippen LogP contribution < -0.4 is 5.32 Å². The lowest BCUT2D eigenvalue weighted by atomic mass is 9.80. The summed E-state index contributed by atoms with van der Waals surface area (Å²) in [4.78, 5) is 26.0. The van der Waals surface area contributed by atoms with Crippen molar-refractivity contribution < 1.29 is 19.1 Å². The van der Waals surface area contributed by atoms with Gasteiger partial charge in [0.05, 0.1) is 5.54 Å². The van der Waals surface area contributed by atoms with E-state index in [1.807, 2.05) is 12.1 Å². The highest BCUT2D eigenvalue weighted by atomic mass is 35.5. The number of carbonyl (C=O) groups excluding carboxylic acids is 1. The SMILES string of the molecule is CC(=O)NC1(c2ccccc2)CCN(C[C@@H]2C[C@@H]2c2cccc(Cl)c2)CC1.CN(Cc1ccc(F)cc1)C(=O)O. The maximum Gasteiger partial charge on any atom is 0.407 e. The first kappa shape index (κ1) is 29.6. The van der Waals surface area contributed by atoms with Gasteiger partial charge in [-0.1, -0.05) is 66.2 Å². The maximum atomic E-state index is 12.5. The molecule has 8 heteroatoms. The van der Waals surface area contributed by atoms with Gasteiger partial charge in [-0.2, -0.15) is 0 Å². The standard InChI is InChI=1S/C23H27ClN2O.C9H10FNO2/c1-17(27)25-23(20-7-3-2-4-8-20)10-12-26(13-11-23)16-19-15-22(19)18-6-5-9-21(24)14-18;1-11(9(12)13)6-7-2-4-8(10)5-3-7/h2-9,14,19,22H,10-13,15-16H2,1H3,(H,25,27);2-5H,6H2,1H3,(H,12,13)/t19-,22+;/m0./s1. The van der Waals surface area contributed by atoms with Crippen LogP contribution in [0.25, 0.3) is 0 Å². The molecular weight excluding hydrogens is 529 g/mol. The van der Waals surface area contributed by atoms with Crippen molar-refractivity contribution in [2.24, 2.45) is 5.92 Å². The largest absolute Gasteiger partial charge is 0.465 e. The molecule has 2 fully saturated rings. The zero-order valence-electron chi connectivity index (χ0n) is 23.0. The predicted octanol–water partition coefficient (Wildman–Crippen LogP) is 6.51. The molecule has 1 aliphatic heterocycles. The van der Waals surface area contributed by atoms with E-state index in [2.05, 4.69) is 52.7 Å². The van der Waals surface area contributed by atoms with Gasteiger partial charge in [0.2, 0.25) is 5.91 Å². The molecule has 0 spiro atoms. The fourth-order valence-electron chi connectivity index (χ4n) is 5.56. The molecule has 0 unspecified atom stereocenters. The first-order valence-corrected chi connectivity index (χ1v) is 14.0. The molecule has 6 nitrogen and oxygen atoms in total. The third-order valence-electron chi connectivity index (χ3n) is 7.80. The fourth-order valence-corrected chi connectivity index (χ4v) is 5.75. The van der Waals surface area contributed by atoms with Gasteiger partial charge in [-0.15, -0.1) is 0 Å². The Kier molecular flexibility index (Phi) is 9.82. The van der Waals surface area contributed by atoms with Crippen molar-refractivity contribution in [1.82, 2.24) is 15.1 Å². The number of nitrogens with zero attached hydrogens (tertiary/aromatic N) is 2. The van der Waals surface area contributed by atoms with Crippen LogP contribution in [0.4, 0.5) is 9.18 Å². The number of halogens is 2. The minimum atomic E-state index is -0.996. The van der Waals surface area contributed by atoms with E-state index < -0.39 is 6.09 Å². The molecule has 2 amide bonds. The Balaban J connectivity index is 0.000000240. The first-order valence-electron chi connectivity index (χ1n) is 13.7. The van der Waals surface area contributed by atoms with Gasteiger partial charge in [-0.3, -0.25) is 4.79 Å². The van der Waals surface area contributed by atoms with Crippen molar-refractivity contribution in [2.45, 2.75) is 44.2 Å².